The van der Waals surface area contributed by atoms with Crippen molar-refractivity contribution in [3.8, 4) is 11.8 Å². The second-order valence-electron chi connectivity index (χ2n) is 6.43. The monoisotopic (exact) mass is 317 g/mol. The molecule has 0 bridgehead atoms. The molecule has 2 fully saturated rings. The van der Waals surface area contributed by atoms with E-state index < -0.39 is 0 Å². The van der Waals surface area contributed by atoms with Crippen molar-refractivity contribution in [1.82, 2.24) is 9.88 Å². The Morgan fingerprint density at radius 2 is 1.79 bits per heavy atom. The fourth-order valence-electron chi connectivity index (χ4n) is 3.14. The molecule has 4 rings (SSSR count). The predicted molar refractivity (Wildman–Crippen MR) is 93.7 cm³/mol. The molecule has 2 aliphatic rings. The van der Waals surface area contributed by atoms with Gasteiger partial charge in [0.05, 0.1) is 6.04 Å². The quantitative estimate of drug-likeness (QED) is 0.798. The summed E-state index contributed by atoms with van der Waals surface area (Å²) in [6, 6.07) is 14.1. The van der Waals surface area contributed by atoms with Gasteiger partial charge in [0.1, 0.15) is 5.82 Å². The number of pyridine rings is 1. The van der Waals surface area contributed by atoms with E-state index >= 15 is 0 Å². The highest BCUT2D eigenvalue weighted by atomic mass is 16.2. The molecule has 2 heterocycles. The van der Waals surface area contributed by atoms with Crippen LogP contribution in [0.5, 0.6) is 0 Å². The van der Waals surface area contributed by atoms with Crippen molar-refractivity contribution in [2.75, 3.05) is 18.5 Å². The van der Waals surface area contributed by atoms with Crippen LogP contribution in [-0.2, 0) is 0 Å². The van der Waals surface area contributed by atoms with Crippen LogP contribution >= 0.6 is 0 Å². The second-order valence-corrected chi connectivity index (χ2v) is 6.43. The molecule has 24 heavy (non-hydrogen) atoms. The molecule has 1 saturated heterocycles. The Morgan fingerprint density at radius 3 is 2.46 bits per heavy atom. The molecule has 1 aliphatic heterocycles. The van der Waals surface area contributed by atoms with Crippen molar-refractivity contribution in [2.45, 2.75) is 18.9 Å². The molecule has 4 nitrogen and oxygen atoms in total. The molecule has 1 saturated carbocycles. The van der Waals surface area contributed by atoms with Crippen LogP contribution in [0.2, 0.25) is 0 Å². The van der Waals surface area contributed by atoms with Gasteiger partial charge in [-0.25, -0.2) is 9.78 Å². The van der Waals surface area contributed by atoms with Crippen molar-refractivity contribution < 1.29 is 4.79 Å². The van der Waals surface area contributed by atoms with Gasteiger partial charge in [-0.1, -0.05) is 30.0 Å². The number of amides is 2. The zero-order valence-corrected chi connectivity index (χ0v) is 13.6. The molecule has 2 aromatic rings. The topological polar surface area (TPSA) is 36.4 Å². The van der Waals surface area contributed by atoms with Gasteiger partial charge in [-0.15, -0.1) is 0 Å². The van der Waals surface area contributed by atoms with Gasteiger partial charge in [-0.3, -0.25) is 4.90 Å². The van der Waals surface area contributed by atoms with E-state index in [0.29, 0.717) is 17.8 Å². The highest BCUT2D eigenvalue weighted by Gasteiger charge is 2.44. The number of likely N-dealkylation sites (N-methyl/N-ethyl adjacent to an activating group) is 1. The smallest absolute Gasteiger partial charge is 0.322 e. The van der Waals surface area contributed by atoms with E-state index in [4.69, 9.17) is 0 Å². The van der Waals surface area contributed by atoms with Crippen LogP contribution in [0.4, 0.5) is 10.6 Å². The van der Waals surface area contributed by atoms with Crippen LogP contribution in [0.25, 0.3) is 0 Å². The number of rotatable bonds is 2. The van der Waals surface area contributed by atoms with Gasteiger partial charge in [-0.05, 0) is 43.0 Å². The Bertz CT molecular complexity index is 800. The maximum Gasteiger partial charge on any atom is 0.325 e. The summed E-state index contributed by atoms with van der Waals surface area (Å²) in [6.07, 6.45) is 4.21. The molecule has 0 N–H and O–H groups in total. The molecule has 1 unspecified atom stereocenters. The van der Waals surface area contributed by atoms with Gasteiger partial charge in [0.25, 0.3) is 0 Å². The number of urea groups is 1. The first-order valence-corrected chi connectivity index (χ1v) is 8.30. The van der Waals surface area contributed by atoms with Crippen LogP contribution < -0.4 is 4.90 Å². The van der Waals surface area contributed by atoms with Crippen LogP contribution in [-0.4, -0.2) is 35.5 Å². The average Bonchev–Trinajstić information content (AvgIpc) is 3.42. The third kappa shape index (κ3) is 2.85. The third-order valence-corrected chi connectivity index (χ3v) is 4.72. The molecule has 1 aromatic heterocycles. The zero-order chi connectivity index (χ0) is 16.5. The maximum absolute atomic E-state index is 12.4. The lowest BCUT2D eigenvalue weighted by atomic mass is 10.2. The summed E-state index contributed by atoms with van der Waals surface area (Å²) >= 11 is 0. The molecule has 1 atom stereocenters. The van der Waals surface area contributed by atoms with Crippen LogP contribution in [0.15, 0.2) is 48.7 Å². The Morgan fingerprint density at radius 1 is 1.04 bits per heavy atom. The van der Waals surface area contributed by atoms with Gasteiger partial charge in [0.2, 0.25) is 0 Å². The lowest BCUT2D eigenvalue weighted by Crippen LogP contribution is -2.32. The number of carbonyl (C=O) groups is 1. The van der Waals surface area contributed by atoms with Crippen LogP contribution in [0.3, 0.4) is 0 Å². The van der Waals surface area contributed by atoms with Gasteiger partial charge in [0.15, 0.2) is 0 Å². The first-order chi connectivity index (χ1) is 11.7. The Balaban J connectivity index is 1.50. The summed E-state index contributed by atoms with van der Waals surface area (Å²) in [5, 5.41) is 0. The Hall–Kier alpha value is -2.80. The van der Waals surface area contributed by atoms with Gasteiger partial charge in [-0.2, -0.15) is 0 Å². The van der Waals surface area contributed by atoms with E-state index in [1.54, 1.807) is 11.1 Å². The van der Waals surface area contributed by atoms with Crippen LogP contribution in [0.1, 0.15) is 24.0 Å². The van der Waals surface area contributed by atoms with E-state index in [9.17, 15) is 4.79 Å². The number of aromatic nitrogens is 1. The largest absolute Gasteiger partial charge is 0.325 e. The number of nitrogens with zero attached hydrogens (tertiary/aromatic N) is 3. The fourth-order valence-corrected chi connectivity index (χ4v) is 3.14. The minimum absolute atomic E-state index is 0.0440. The normalized spacial score (nSPS) is 20.0. The summed E-state index contributed by atoms with van der Waals surface area (Å²) in [7, 11) is 1.89. The molecule has 4 heteroatoms. The molecule has 2 amide bonds. The fraction of sp³-hybridized carbons (Fsp3) is 0.300. The van der Waals surface area contributed by atoms with Crippen molar-refractivity contribution in [3.05, 3.63) is 59.8 Å². The molecular formula is C20H19N3O. The minimum atomic E-state index is 0.0440. The summed E-state index contributed by atoms with van der Waals surface area (Å²) in [6.45, 7) is 0.738. The summed E-state index contributed by atoms with van der Waals surface area (Å²) in [5.74, 6) is 7.60. The lowest BCUT2D eigenvalue weighted by molar-refractivity contribution is 0.214. The standard InChI is InChI=1S/C20H19N3O/c1-22-18(17-10-11-17)14-23(20(22)24)19-12-9-16(13-21-19)8-7-15-5-3-2-4-6-15/h2-6,9,12-13,17-18H,10-11,14H2,1H3. The first-order valence-electron chi connectivity index (χ1n) is 8.30. The second kappa shape index (κ2) is 6.01. The van der Waals surface area contributed by atoms with E-state index in [2.05, 4.69) is 16.8 Å². The number of benzene rings is 1. The Kier molecular flexibility index (Phi) is 3.70. The number of hydrogen-bond donors (Lipinski definition) is 0. The molecule has 0 radical (unpaired) electrons. The summed E-state index contributed by atoms with van der Waals surface area (Å²) < 4.78 is 0. The molecular weight excluding hydrogens is 298 g/mol. The highest BCUT2D eigenvalue weighted by Crippen LogP contribution is 2.38. The highest BCUT2D eigenvalue weighted by molar-refractivity contribution is 5.93. The van der Waals surface area contributed by atoms with E-state index in [1.807, 2.05) is 54.4 Å². The van der Waals surface area contributed by atoms with E-state index in [-0.39, 0.29) is 6.03 Å². The molecule has 1 aromatic carbocycles. The van der Waals surface area contributed by atoms with E-state index in [0.717, 1.165) is 17.7 Å². The molecule has 0 spiro atoms. The molecule has 1 aliphatic carbocycles. The van der Waals surface area contributed by atoms with Crippen molar-refractivity contribution in [1.29, 1.82) is 0 Å². The van der Waals surface area contributed by atoms with Crippen molar-refractivity contribution in [3.63, 3.8) is 0 Å². The van der Waals surface area contributed by atoms with Crippen LogP contribution in [0, 0.1) is 17.8 Å². The summed E-state index contributed by atoms with van der Waals surface area (Å²) in [5.41, 5.74) is 1.83. The average molecular weight is 317 g/mol. The lowest BCUT2D eigenvalue weighted by Gasteiger charge is -2.16. The van der Waals surface area contributed by atoms with Gasteiger partial charge < -0.3 is 4.90 Å². The van der Waals surface area contributed by atoms with Gasteiger partial charge >= 0.3 is 6.03 Å². The SMILES string of the molecule is CN1C(=O)N(c2ccc(C#Cc3ccccc3)cn2)CC1C1CC1. The predicted octanol–water partition coefficient (Wildman–Crippen LogP) is 3.13. The maximum atomic E-state index is 12.4. The Labute approximate surface area is 142 Å². The third-order valence-electron chi connectivity index (χ3n) is 4.72. The molecule has 120 valence electrons. The number of anilines is 1. The number of hydrogen-bond acceptors (Lipinski definition) is 2. The zero-order valence-electron chi connectivity index (χ0n) is 13.6. The van der Waals surface area contributed by atoms with E-state index in [1.165, 1.54) is 12.8 Å². The van der Waals surface area contributed by atoms with Gasteiger partial charge in [0, 0.05) is 30.9 Å². The van der Waals surface area contributed by atoms with Crippen molar-refractivity contribution in [2.24, 2.45) is 5.92 Å². The number of carbonyl (C=O) groups excluding carboxylic acids is 1. The first kappa shape index (κ1) is 14.8. The van der Waals surface area contributed by atoms with Crippen molar-refractivity contribution >= 4 is 11.8 Å². The minimum Gasteiger partial charge on any atom is -0.322 e. The summed E-state index contributed by atoms with van der Waals surface area (Å²) in [4.78, 5) is 20.5.